The van der Waals surface area contributed by atoms with E-state index in [1.54, 1.807) is 6.07 Å². The molecule has 1 amide bonds. The van der Waals surface area contributed by atoms with Gasteiger partial charge in [0.1, 0.15) is 11.9 Å². The fourth-order valence-corrected chi connectivity index (χ4v) is 6.06. The summed E-state index contributed by atoms with van der Waals surface area (Å²) >= 11 is 0.521. The molecular formula is C25H28F3N5O2S. The van der Waals surface area contributed by atoms with Gasteiger partial charge in [-0.05, 0) is 62.7 Å². The number of nitrogens with one attached hydrogen (secondary N) is 2. The number of hydrogen-bond acceptors (Lipinski definition) is 6. The number of piperidine rings is 1. The number of halogens is 3. The zero-order valence-electron chi connectivity index (χ0n) is 19.9. The molecule has 0 unspecified atom stereocenters. The fraction of sp³-hybridized carbons (Fsp3) is 0.520. The van der Waals surface area contributed by atoms with Crippen LogP contribution in [0.3, 0.4) is 0 Å². The molecule has 2 atom stereocenters. The number of alkyl halides is 3. The molecule has 1 saturated carbocycles. The van der Waals surface area contributed by atoms with Gasteiger partial charge in [-0.25, -0.2) is 4.39 Å². The van der Waals surface area contributed by atoms with Gasteiger partial charge in [-0.3, -0.25) is 4.79 Å². The highest BCUT2D eigenvalue weighted by Gasteiger charge is 2.37. The van der Waals surface area contributed by atoms with Crippen LogP contribution in [0.15, 0.2) is 33.8 Å². The van der Waals surface area contributed by atoms with Gasteiger partial charge in [0.15, 0.2) is 5.76 Å². The van der Waals surface area contributed by atoms with Crippen LogP contribution in [0, 0.1) is 5.92 Å². The summed E-state index contributed by atoms with van der Waals surface area (Å²) in [6.07, 6.45) is 1.36. The van der Waals surface area contributed by atoms with Gasteiger partial charge in [-0.2, -0.15) is 8.78 Å². The highest BCUT2D eigenvalue weighted by Crippen LogP contribution is 2.48. The molecule has 5 heterocycles. The average Bonchev–Trinajstić information content (AvgIpc) is 3.51. The monoisotopic (exact) mass is 519 g/mol. The molecule has 0 bridgehead atoms. The number of aryl methyl sites for hydroxylation is 1. The van der Waals surface area contributed by atoms with Gasteiger partial charge in [0.2, 0.25) is 5.91 Å². The van der Waals surface area contributed by atoms with E-state index < -0.39 is 11.4 Å². The second-order valence-corrected chi connectivity index (χ2v) is 11.2. The Kier molecular flexibility index (Phi) is 5.94. The van der Waals surface area contributed by atoms with Crippen molar-refractivity contribution in [1.29, 1.82) is 0 Å². The first-order valence-electron chi connectivity index (χ1n) is 12.3. The molecule has 2 fully saturated rings. The zero-order valence-corrected chi connectivity index (χ0v) is 20.7. The molecule has 1 aliphatic carbocycles. The second-order valence-electron chi connectivity index (χ2n) is 10.0. The number of hydrogen-bond donors (Lipinski definition) is 2. The van der Waals surface area contributed by atoms with Crippen LogP contribution in [-0.4, -0.2) is 58.0 Å². The van der Waals surface area contributed by atoms with Crippen molar-refractivity contribution in [3.05, 3.63) is 35.7 Å². The molecule has 1 saturated heterocycles. The van der Waals surface area contributed by atoms with Crippen molar-refractivity contribution in [1.82, 2.24) is 19.8 Å². The lowest BCUT2D eigenvalue weighted by Crippen LogP contribution is -2.46. The van der Waals surface area contributed by atoms with E-state index in [9.17, 15) is 18.0 Å². The summed E-state index contributed by atoms with van der Waals surface area (Å²) in [6.45, 7) is 1.33. The minimum atomic E-state index is -2.95. The van der Waals surface area contributed by atoms with E-state index in [0.717, 1.165) is 25.1 Å². The maximum absolute atomic E-state index is 14.8. The molecule has 3 aliphatic rings. The molecule has 6 rings (SSSR count). The predicted octanol–water partition coefficient (Wildman–Crippen LogP) is 4.71. The van der Waals surface area contributed by atoms with Crippen molar-refractivity contribution in [2.45, 2.75) is 61.1 Å². The lowest BCUT2D eigenvalue weighted by molar-refractivity contribution is -0.122. The summed E-state index contributed by atoms with van der Waals surface area (Å²) in [5.74, 6) is 0.524. The number of amides is 1. The Morgan fingerprint density at radius 1 is 1.28 bits per heavy atom. The Hall–Kier alpha value is -2.66. The molecule has 3 aromatic heterocycles. The number of anilines is 1. The number of carbonyl (C=O) groups is 1. The molecule has 0 spiro atoms. The van der Waals surface area contributed by atoms with Crippen LogP contribution in [0.5, 0.6) is 0 Å². The summed E-state index contributed by atoms with van der Waals surface area (Å²) in [4.78, 5) is 13.9. The first-order chi connectivity index (χ1) is 17.3. The van der Waals surface area contributed by atoms with Crippen molar-refractivity contribution < 1.29 is 22.5 Å². The van der Waals surface area contributed by atoms with Gasteiger partial charge in [0.25, 0.3) is 5.25 Å². The largest absolute Gasteiger partial charge is 0.378 e. The van der Waals surface area contributed by atoms with Crippen molar-refractivity contribution in [2.75, 3.05) is 25.5 Å². The maximum Gasteiger partial charge on any atom is 0.299 e. The Bertz CT molecular complexity index is 1300. The molecule has 36 heavy (non-hydrogen) atoms. The first-order valence-corrected chi connectivity index (χ1v) is 13.2. The Morgan fingerprint density at radius 2 is 2.11 bits per heavy atom. The molecule has 2 N–H and O–H groups in total. The van der Waals surface area contributed by atoms with E-state index in [1.807, 2.05) is 34.5 Å². The van der Waals surface area contributed by atoms with Crippen LogP contribution in [0.2, 0.25) is 0 Å². The molecule has 192 valence electrons. The van der Waals surface area contributed by atoms with Crippen LogP contribution in [0.4, 0.5) is 18.9 Å². The topological polar surface area (TPSA) is 74.8 Å². The highest BCUT2D eigenvalue weighted by atomic mass is 32.2. The SMILES string of the molecule is CN1CC[C@@H](Nc2ccc3n4c(c(-c5cc(CNC(=O)C6CC6)on5)cc24)SC(F)(F)CC3)[C@@H](F)C1. The summed E-state index contributed by atoms with van der Waals surface area (Å²) in [5, 5.41) is 7.76. The maximum atomic E-state index is 14.8. The smallest absolute Gasteiger partial charge is 0.299 e. The average molecular weight is 520 g/mol. The van der Waals surface area contributed by atoms with Crippen LogP contribution >= 0.6 is 11.8 Å². The van der Waals surface area contributed by atoms with Crippen LogP contribution in [0.1, 0.15) is 37.1 Å². The van der Waals surface area contributed by atoms with Crippen LogP contribution in [0.25, 0.3) is 16.8 Å². The summed E-state index contributed by atoms with van der Waals surface area (Å²) in [5.41, 5.74) is 3.13. The van der Waals surface area contributed by atoms with Gasteiger partial charge in [-0.1, -0.05) is 5.16 Å². The molecule has 11 heteroatoms. The lowest BCUT2D eigenvalue weighted by atomic mass is 10.0. The number of likely N-dealkylation sites (tertiary alicyclic amines) is 1. The van der Waals surface area contributed by atoms with Crippen molar-refractivity contribution in [2.24, 2.45) is 5.92 Å². The fourth-order valence-electron chi connectivity index (χ4n) is 4.99. The van der Waals surface area contributed by atoms with E-state index >= 15 is 0 Å². The van der Waals surface area contributed by atoms with Crippen LogP contribution in [-0.2, 0) is 17.8 Å². The van der Waals surface area contributed by atoms with E-state index in [2.05, 4.69) is 15.8 Å². The number of thioether (sulfide) groups is 1. The molecule has 7 nitrogen and oxygen atoms in total. The molecule has 0 aromatic carbocycles. The second kappa shape index (κ2) is 9.02. The van der Waals surface area contributed by atoms with E-state index in [1.165, 1.54) is 0 Å². The van der Waals surface area contributed by atoms with Crippen molar-refractivity contribution >= 4 is 28.9 Å². The van der Waals surface area contributed by atoms with Gasteiger partial charge >= 0.3 is 0 Å². The van der Waals surface area contributed by atoms with Crippen LogP contribution < -0.4 is 10.6 Å². The number of aromatic nitrogens is 2. The standard InChI is InChI=1S/C25H28F3N5O2S/c1-32-9-7-19(18(26)13-32)30-20-5-4-15-6-8-25(27,28)36-24-17(11-22(20)33(15)24)21-10-16(35-31-21)12-29-23(34)14-2-3-14/h4-5,10-11,14,18-19,30H,2-3,6-9,12-13H2,1H3,(H,29,34)/t18-,19+/m0/s1. The number of carbonyl (C=O) groups excluding carboxylic acids is 1. The minimum absolute atomic E-state index is 0.00948. The number of rotatable bonds is 6. The minimum Gasteiger partial charge on any atom is -0.378 e. The summed E-state index contributed by atoms with van der Waals surface area (Å²) in [6, 6.07) is 6.85. The third-order valence-corrected chi connectivity index (χ3v) is 8.28. The lowest BCUT2D eigenvalue weighted by Gasteiger charge is -2.33. The third-order valence-electron chi connectivity index (χ3n) is 7.18. The van der Waals surface area contributed by atoms with E-state index in [-0.39, 0.29) is 37.3 Å². The first kappa shape index (κ1) is 23.7. The van der Waals surface area contributed by atoms with E-state index in [4.69, 9.17) is 4.52 Å². The summed E-state index contributed by atoms with van der Waals surface area (Å²) in [7, 11) is 1.90. The van der Waals surface area contributed by atoms with Crippen molar-refractivity contribution in [3.8, 4) is 11.3 Å². The molecule has 0 radical (unpaired) electrons. The summed E-state index contributed by atoms with van der Waals surface area (Å²) < 4.78 is 51.6. The van der Waals surface area contributed by atoms with Gasteiger partial charge in [0.05, 0.1) is 28.8 Å². The Morgan fingerprint density at radius 3 is 2.89 bits per heavy atom. The zero-order chi connectivity index (χ0) is 25.0. The number of nitrogens with zero attached hydrogens (tertiary/aromatic N) is 3. The Balaban J connectivity index is 1.36. The number of pyridine rings is 1. The molecule has 2 aliphatic heterocycles. The quantitative estimate of drug-likeness (QED) is 0.492. The highest BCUT2D eigenvalue weighted by molar-refractivity contribution is 8.00. The van der Waals surface area contributed by atoms with Crippen molar-refractivity contribution in [3.63, 3.8) is 0 Å². The normalized spacial score (nSPS) is 24.0. The third kappa shape index (κ3) is 4.58. The predicted molar refractivity (Wildman–Crippen MR) is 131 cm³/mol. The van der Waals surface area contributed by atoms with Gasteiger partial charge in [-0.15, -0.1) is 0 Å². The molecular weight excluding hydrogens is 491 g/mol. The van der Waals surface area contributed by atoms with Gasteiger partial charge < -0.3 is 24.5 Å². The molecule has 3 aromatic rings. The Labute approximate surface area is 210 Å². The van der Waals surface area contributed by atoms with E-state index in [0.29, 0.717) is 58.0 Å². The van der Waals surface area contributed by atoms with Gasteiger partial charge in [0, 0.05) is 42.8 Å².